The Labute approximate surface area is 205 Å². The molecule has 0 atom stereocenters. The van der Waals surface area contributed by atoms with E-state index in [1.165, 1.54) is 12.3 Å². The Morgan fingerprint density at radius 3 is 2.83 bits per heavy atom. The van der Waals surface area contributed by atoms with Crippen LogP contribution in [-0.2, 0) is 4.79 Å². The van der Waals surface area contributed by atoms with Crippen LogP contribution in [0.1, 0.15) is 35.4 Å². The summed E-state index contributed by atoms with van der Waals surface area (Å²) < 4.78 is 0. The molecule has 0 aromatic carbocycles. The summed E-state index contributed by atoms with van der Waals surface area (Å²) in [5.74, 6) is 0.126. The van der Waals surface area contributed by atoms with Crippen LogP contribution in [0.5, 0.6) is 0 Å². The molecule has 2 aliphatic heterocycles. The van der Waals surface area contributed by atoms with E-state index in [0.29, 0.717) is 54.8 Å². The van der Waals surface area contributed by atoms with Gasteiger partial charge in [-0.05, 0) is 30.5 Å². The highest BCUT2D eigenvalue weighted by Crippen LogP contribution is 2.28. The van der Waals surface area contributed by atoms with Crippen LogP contribution in [0.25, 0.3) is 5.57 Å². The summed E-state index contributed by atoms with van der Waals surface area (Å²) >= 11 is 6.42. The van der Waals surface area contributed by atoms with Crippen LogP contribution in [0.15, 0.2) is 53.7 Å². The lowest BCUT2D eigenvalue weighted by Gasteiger charge is -2.27. The van der Waals surface area contributed by atoms with Crippen molar-refractivity contribution in [3.05, 3.63) is 75.7 Å². The van der Waals surface area contributed by atoms with E-state index >= 15 is 0 Å². The first-order valence-electron chi connectivity index (χ1n) is 11.2. The fourth-order valence-electron chi connectivity index (χ4n) is 4.18. The molecular weight excluding hydrogens is 470 g/mol. The highest BCUT2D eigenvalue weighted by atomic mass is 35.5. The van der Waals surface area contributed by atoms with Gasteiger partial charge in [-0.1, -0.05) is 23.7 Å². The van der Waals surface area contributed by atoms with Gasteiger partial charge in [-0.2, -0.15) is 0 Å². The second-order valence-electron chi connectivity index (χ2n) is 8.27. The van der Waals surface area contributed by atoms with Crippen molar-refractivity contribution in [2.45, 2.75) is 19.3 Å². The highest BCUT2D eigenvalue weighted by molar-refractivity contribution is 6.32. The van der Waals surface area contributed by atoms with Crippen molar-refractivity contribution >= 4 is 46.3 Å². The van der Waals surface area contributed by atoms with Gasteiger partial charge in [-0.25, -0.2) is 9.97 Å². The quantitative estimate of drug-likeness (QED) is 0.562. The van der Waals surface area contributed by atoms with Gasteiger partial charge >= 0.3 is 0 Å². The Hall–Kier alpha value is -4.05. The van der Waals surface area contributed by atoms with E-state index in [1.807, 2.05) is 12.1 Å². The molecule has 0 spiro atoms. The number of rotatable bonds is 5. The molecule has 5 heterocycles. The summed E-state index contributed by atoms with van der Waals surface area (Å²) in [6, 6.07) is 6.32. The van der Waals surface area contributed by atoms with Crippen LogP contribution >= 0.6 is 11.6 Å². The van der Waals surface area contributed by atoms with E-state index in [1.54, 1.807) is 34.3 Å². The lowest BCUT2D eigenvalue weighted by molar-refractivity contribution is -0.117. The maximum Gasteiger partial charge on any atom is 0.270 e. The third kappa shape index (κ3) is 4.92. The number of nitrogens with zero attached hydrogens (tertiary/aromatic N) is 5. The van der Waals surface area contributed by atoms with Crippen molar-refractivity contribution in [2.24, 2.45) is 0 Å². The molecule has 10 nitrogen and oxygen atoms in total. The minimum Gasteiger partial charge on any atom is -0.333 e. The molecule has 35 heavy (non-hydrogen) atoms. The van der Waals surface area contributed by atoms with Crippen molar-refractivity contribution in [3.63, 3.8) is 0 Å². The van der Waals surface area contributed by atoms with Gasteiger partial charge < -0.3 is 20.1 Å². The molecule has 1 saturated heterocycles. The van der Waals surface area contributed by atoms with Crippen LogP contribution in [0.2, 0.25) is 5.02 Å². The van der Waals surface area contributed by atoms with Gasteiger partial charge in [-0.3, -0.25) is 19.4 Å². The van der Waals surface area contributed by atoms with Gasteiger partial charge in [0.05, 0.1) is 40.7 Å². The maximum absolute atomic E-state index is 12.9. The second-order valence-corrected chi connectivity index (χ2v) is 8.68. The van der Waals surface area contributed by atoms with Gasteiger partial charge in [0.2, 0.25) is 17.4 Å². The molecule has 5 rings (SSSR count). The molecule has 0 bridgehead atoms. The van der Waals surface area contributed by atoms with Crippen LogP contribution in [0.4, 0.5) is 17.3 Å². The normalized spacial score (nSPS) is 15.8. The molecule has 3 aromatic heterocycles. The molecule has 0 radical (unpaired) electrons. The van der Waals surface area contributed by atoms with Crippen molar-refractivity contribution in [1.29, 1.82) is 0 Å². The zero-order chi connectivity index (χ0) is 24.4. The minimum atomic E-state index is -0.328. The number of H-pyrrole nitrogens is 1. The van der Waals surface area contributed by atoms with Gasteiger partial charge in [0.1, 0.15) is 5.69 Å². The monoisotopic (exact) mass is 491 g/mol. The smallest absolute Gasteiger partial charge is 0.270 e. The predicted octanol–water partition coefficient (Wildman–Crippen LogP) is 3.01. The van der Waals surface area contributed by atoms with Crippen molar-refractivity contribution in [1.82, 2.24) is 24.8 Å². The largest absolute Gasteiger partial charge is 0.333 e. The Kier molecular flexibility index (Phi) is 6.28. The highest BCUT2D eigenvalue weighted by Gasteiger charge is 2.24. The summed E-state index contributed by atoms with van der Waals surface area (Å²) in [7, 11) is 0. The number of halogens is 1. The van der Waals surface area contributed by atoms with Crippen molar-refractivity contribution in [2.75, 3.05) is 29.9 Å². The Morgan fingerprint density at radius 2 is 2.03 bits per heavy atom. The number of carbonyl (C=O) groups excluding carboxylic acids is 2. The number of hydrogen-bond donors (Lipinski definition) is 2. The predicted molar refractivity (Wildman–Crippen MR) is 132 cm³/mol. The summed E-state index contributed by atoms with van der Waals surface area (Å²) in [5.41, 5.74) is 2.56. The van der Waals surface area contributed by atoms with Gasteiger partial charge in [0.25, 0.3) is 5.91 Å². The van der Waals surface area contributed by atoms with E-state index in [9.17, 15) is 14.4 Å². The summed E-state index contributed by atoms with van der Waals surface area (Å²) in [6.45, 7) is 1.48. The van der Waals surface area contributed by atoms with Crippen LogP contribution in [0.3, 0.4) is 0 Å². The summed E-state index contributed by atoms with van der Waals surface area (Å²) in [6.07, 6.45) is 8.77. The molecule has 178 valence electrons. The van der Waals surface area contributed by atoms with Crippen LogP contribution < -0.4 is 15.8 Å². The number of pyridine rings is 2. The molecule has 0 saturated carbocycles. The topological polar surface area (TPSA) is 124 Å². The maximum atomic E-state index is 12.9. The lowest BCUT2D eigenvalue weighted by atomic mass is 10.1. The molecule has 0 unspecified atom stereocenters. The number of anilines is 3. The fraction of sp³-hybridized carbons (Fsp3) is 0.250. The second kappa shape index (κ2) is 9.67. The molecule has 11 heteroatoms. The van der Waals surface area contributed by atoms with Crippen LogP contribution in [-0.4, -0.2) is 56.3 Å². The first-order chi connectivity index (χ1) is 17.0. The minimum absolute atomic E-state index is 0.0805. The standard InChI is InChI=1S/C24H22ClN7O3/c25-18-13-27-24(28-16-10-17(12-26-11-16)32-9-3-7-21(32)34)30-22(18)15-4-2-8-31(14-15)23(35)19-5-1-6-20(33)29-19/h1,4-6,10-13H,2-3,7-9,14H2,(H,29,33)(H,27,28,30). The van der Waals surface area contributed by atoms with Crippen LogP contribution in [0, 0.1) is 0 Å². The first-order valence-corrected chi connectivity index (χ1v) is 11.6. The summed E-state index contributed by atoms with van der Waals surface area (Å²) in [4.78, 5) is 55.6. The third-order valence-electron chi connectivity index (χ3n) is 5.85. The first kappa shape index (κ1) is 22.7. The van der Waals surface area contributed by atoms with Gasteiger partial charge in [-0.15, -0.1) is 0 Å². The van der Waals surface area contributed by atoms with E-state index < -0.39 is 0 Å². The van der Waals surface area contributed by atoms with Gasteiger partial charge in [0, 0.05) is 32.1 Å². The zero-order valence-electron chi connectivity index (χ0n) is 18.7. The number of aromatic amines is 1. The number of amides is 2. The lowest BCUT2D eigenvalue weighted by Crippen LogP contribution is -2.36. The summed E-state index contributed by atoms with van der Waals surface area (Å²) in [5, 5.41) is 3.49. The molecule has 2 N–H and O–H groups in total. The number of hydrogen-bond acceptors (Lipinski definition) is 7. The molecule has 2 aliphatic rings. The number of carbonyl (C=O) groups is 2. The SMILES string of the molecule is O=C(c1cccc(=O)[nH]1)N1CCC=C(c2nc(Nc3cncc(N4CCCC4=O)c3)ncc2Cl)C1. The van der Waals surface area contributed by atoms with E-state index in [0.717, 1.165) is 17.7 Å². The average Bonchev–Trinajstić information content (AvgIpc) is 3.31. The van der Waals surface area contributed by atoms with Crippen molar-refractivity contribution < 1.29 is 9.59 Å². The fourth-order valence-corrected chi connectivity index (χ4v) is 4.39. The molecule has 0 aliphatic carbocycles. The Morgan fingerprint density at radius 1 is 1.14 bits per heavy atom. The molecule has 3 aromatic rings. The number of nitrogens with one attached hydrogen (secondary N) is 2. The van der Waals surface area contributed by atoms with E-state index in [-0.39, 0.29) is 23.1 Å². The molecular formula is C24H22ClN7O3. The zero-order valence-corrected chi connectivity index (χ0v) is 19.5. The number of aromatic nitrogens is 4. The van der Waals surface area contributed by atoms with Crippen molar-refractivity contribution in [3.8, 4) is 0 Å². The molecule has 2 amide bonds. The van der Waals surface area contributed by atoms with E-state index in [2.05, 4.69) is 25.3 Å². The van der Waals surface area contributed by atoms with E-state index in [4.69, 9.17) is 11.6 Å². The third-order valence-corrected chi connectivity index (χ3v) is 6.13. The Balaban J connectivity index is 1.35. The molecule has 1 fully saturated rings. The average molecular weight is 492 g/mol. The Bertz CT molecular complexity index is 1390. The van der Waals surface area contributed by atoms with Gasteiger partial charge in [0.15, 0.2) is 0 Å².